The molecular weight excluding hydrogens is 135 g/mol. The fourth-order valence-corrected chi connectivity index (χ4v) is 1.60. The molecule has 11 heavy (non-hydrogen) atoms. The van der Waals surface area contributed by atoms with Crippen LogP contribution in [0.25, 0.3) is 0 Å². The maximum atomic E-state index is 8.26. The van der Waals surface area contributed by atoms with Gasteiger partial charge in [-0.1, -0.05) is 32.6 Å². The normalized spacial score (nSPS) is 19.6. The second-order valence-corrected chi connectivity index (χ2v) is 3.63. The molecule has 1 unspecified atom stereocenters. The lowest BCUT2D eigenvalue weighted by molar-refractivity contribution is 0.293. The van der Waals surface area contributed by atoms with Crippen molar-refractivity contribution in [3.05, 3.63) is 0 Å². The van der Waals surface area contributed by atoms with Crippen molar-refractivity contribution in [2.75, 3.05) is 0 Å². The largest absolute Gasteiger partial charge is 0.370 e. The number of nitrogens with zero attached hydrogens (tertiary/aromatic N) is 1. The van der Waals surface area contributed by atoms with Crippen molar-refractivity contribution in [2.45, 2.75) is 38.4 Å². The summed E-state index contributed by atoms with van der Waals surface area (Å²) < 4.78 is 0. The van der Waals surface area contributed by atoms with Crippen LogP contribution in [0, 0.1) is 17.4 Å². The average Bonchev–Trinajstić information content (AvgIpc) is 1.93. The van der Waals surface area contributed by atoms with Crippen LogP contribution in [0.3, 0.4) is 0 Å². The third-order valence-corrected chi connectivity index (χ3v) is 2.49. The molecule has 0 spiro atoms. The summed E-state index contributed by atoms with van der Waals surface area (Å²) in [4.78, 5) is 0. The predicted molar refractivity (Wildman–Crippen MR) is 47.3 cm³/mol. The molecule has 0 bridgehead atoms. The van der Waals surface area contributed by atoms with E-state index in [-0.39, 0.29) is 0 Å². The maximum absolute atomic E-state index is 8.26. The molecule has 0 saturated heterocycles. The molecule has 0 aromatic rings. The third-order valence-electron chi connectivity index (χ3n) is 2.49. The van der Waals surface area contributed by atoms with Gasteiger partial charge >= 0.3 is 0 Å². The first-order valence-electron chi connectivity index (χ1n) is 4.45. The van der Waals surface area contributed by atoms with Gasteiger partial charge in [-0.05, 0) is 11.7 Å². The smallest absolute Gasteiger partial charge is 0.247 e. The van der Waals surface area contributed by atoms with E-state index in [1.54, 1.807) is 0 Å². The summed E-state index contributed by atoms with van der Waals surface area (Å²) in [5, 5.41) is 11.0. The van der Waals surface area contributed by atoms with Gasteiger partial charge in [0.2, 0.25) is 7.41 Å². The Labute approximate surface area is 69.2 Å². The summed E-state index contributed by atoms with van der Waals surface area (Å²) in [6.07, 6.45) is 7.51. The molecule has 0 radical (unpaired) electrons. The van der Waals surface area contributed by atoms with Crippen molar-refractivity contribution in [3.8, 4) is 6.19 Å². The molecule has 0 heterocycles. The molecular formula is C8H15BN2. The van der Waals surface area contributed by atoms with Crippen LogP contribution in [0.5, 0.6) is 0 Å². The van der Waals surface area contributed by atoms with Crippen LogP contribution < -0.4 is 5.23 Å². The molecule has 0 amide bonds. The van der Waals surface area contributed by atoms with Crippen LogP contribution >= 0.6 is 0 Å². The highest BCUT2D eigenvalue weighted by atomic mass is 14.7. The Kier molecular flexibility index (Phi) is 3.29. The first-order chi connectivity index (χ1) is 5.33. The molecule has 1 rings (SSSR count). The Hall–Kier alpha value is -0.645. The molecule has 3 heteroatoms. The highest BCUT2D eigenvalue weighted by molar-refractivity contribution is 6.34. The Morgan fingerprint density at radius 1 is 1.73 bits per heavy atom. The Morgan fingerprint density at radius 3 is 2.91 bits per heavy atom. The van der Waals surface area contributed by atoms with E-state index in [4.69, 9.17) is 5.26 Å². The molecule has 2 nitrogen and oxygen atoms in total. The molecule has 1 saturated carbocycles. The van der Waals surface area contributed by atoms with Crippen molar-refractivity contribution >= 4 is 7.41 Å². The average molecular weight is 150 g/mol. The molecule has 1 atom stereocenters. The minimum absolute atomic E-state index is 0.667. The van der Waals surface area contributed by atoms with Crippen molar-refractivity contribution < 1.29 is 0 Å². The van der Waals surface area contributed by atoms with Crippen LogP contribution in [0.1, 0.15) is 32.6 Å². The third kappa shape index (κ3) is 2.84. The first-order valence-corrected chi connectivity index (χ1v) is 4.45. The summed E-state index contributed by atoms with van der Waals surface area (Å²) in [6.45, 7) is 2.21. The van der Waals surface area contributed by atoms with E-state index in [9.17, 15) is 0 Å². The summed E-state index contributed by atoms with van der Waals surface area (Å²) in [6, 6.07) is 0. The van der Waals surface area contributed by atoms with Gasteiger partial charge < -0.3 is 5.23 Å². The van der Waals surface area contributed by atoms with Crippen LogP contribution in [0.2, 0.25) is 5.82 Å². The lowest BCUT2D eigenvalue weighted by atomic mass is 9.68. The minimum atomic E-state index is 0.667. The fraction of sp³-hybridized carbons (Fsp3) is 0.875. The van der Waals surface area contributed by atoms with Gasteiger partial charge in [-0.3, -0.25) is 0 Å². The molecule has 0 aromatic heterocycles. The van der Waals surface area contributed by atoms with Gasteiger partial charge in [0.25, 0.3) is 0 Å². The number of nitriles is 1. The molecule has 1 aliphatic carbocycles. The van der Waals surface area contributed by atoms with Crippen molar-refractivity contribution in [2.24, 2.45) is 5.92 Å². The summed E-state index contributed by atoms with van der Waals surface area (Å²) >= 11 is 0. The van der Waals surface area contributed by atoms with Crippen LogP contribution in [-0.4, -0.2) is 7.41 Å². The van der Waals surface area contributed by atoms with E-state index in [1.165, 1.54) is 25.7 Å². The van der Waals surface area contributed by atoms with Crippen molar-refractivity contribution in [1.29, 1.82) is 5.26 Å². The monoisotopic (exact) mass is 150 g/mol. The van der Waals surface area contributed by atoms with E-state index >= 15 is 0 Å². The van der Waals surface area contributed by atoms with Crippen LogP contribution in [0.4, 0.5) is 0 Å². The van der Waals surface area contributed by atoms with Gasteiger partial charge in [0.15, 0.2) is 6.19 Å². The first kappa shape index (κ1) is 8.45. The zero-order chi connectivity index (χ0) is 8.10. The second kappa shape index (κ2) is 4.28. The van der Waals surface area contributed by atoms with Crippen molar-refractivity contribution in [3.63, 3.8) is 0 Å². The summed E-state index contributed by atoms with van der Waals surface area (Å²) in [5.74, 6) is 1.63. The van der Waals surface area contributed by atoms with E-state index in [2.05, 4.69) is 12.2 Å². The lowest BCUT2D eigenvalue weighted by Gasteiger charge is -2.27. The SMILES string of the molecule is CC(BNC#N)CC1CCC1. The quantitative estimate of drug-likeness (QED) is 0.373. The standard InChI is InChI=1S/C8H15BN2/c1-7(9-11-6-10)5-8-3-2-4-8/h7-9,11H,2-5H2,1H3. The van der Waals surface area contributed by atoms with Gasteiger partial charge in [0.1, 0.15) is 0 Å². The van der Waals surface area contributed by atoms with Gasteiger partial charge in [-0.25, -0.2) is 0 Å². The number of hydrogen-bond donors (Lipinski definition) is 1. The fourth-order valence-electron chi connectivity index (χ4n) is 1.60. The number of rotatable bonds is 4. The molecule has 1 aliphatic rings. The van der Waals surface area contributed by atoms with Gasteiger partial charge in [-0.15, -0.1) is 0 Å². The van der Waals surface area contributed by atoms with E-state index in [1.807, 2.05) is 6.19 Å². The van der Waals surface area contributed by atoms with E-state index in [0.717, 1.165) is 13.3 Å². The Balaban J connectivity index is 2.01. The lowest BCUT2D eigenvalue weighted by Crippen LogP contribution is -2.21. The van der Waals surface area contributed by atoms with Gasteiger partial charge in [0, 0.05) is 0 Å². The van der Waals surface area contributed by atoms with E-state index in [0.29, 0.717) is 5.82 Å². The molecule has 0 aromatic carbocycles. The highest BCUT2D eigenvalue weighted by Crippen LogP contribution is 2.33. The Morgan fingerprint density at radius 2 is 2.45 bits per heavy atom. The minimum Gasteiger partial charge on any atom is -0.370 e. The molecule has 0 aliphatic heterocycles. The second-order valence-electron chi connectivity index (χ2n) is 3.63. The Bertz CT molecular complexity index is 149. The van der Waals surface area contributed by atoms with Crippen LogP contribution in [0.15, 0.2) is 0 Å². The highest BCUT2D eigenvalue weighted by Gasteiger charge is 2.19. The van der Waals surface area contributed by atoms with Gasteiger partial charge in [0.05, 0.1) is 0 Å². The number of nitrogens with one attached hydrogen (secondary N) is 1. The van der Waals surface area contributed by atoms with Gasteiger partial charge in [-0.2, -0.15) is 5.26 Å². The zero-order valence-corrected chi connectivity index (χ0v) is 7.14. The zero-order valence-electron chi connectivity index (χ0n) is 7.14. The molecule has 1 N–H and O–H groups in total. The van der Waals surface area contributed by atoms with Crippen LogP contribution in [-0.2, 0) is 0 Å². The summed E-state index contributed by atoms with van der Waals surface area (Å²) in [5.41, 5.74) is 0. The van der Waals surface area contributed by atoms with E-state index < -0.39 is 0 Å². The molecule has 1 fully saturated rings. The van der Waals surface area contributed by atoms with Crippen molar-refractivity contribution in [1.82, 2.24) is 5.23 Å². The number of hydrogen-bond acceptors (Lipinski definition) is 2. The predicted octanol–water partition coefficient (Wildman–Crippen LogP) is 1.41. The molecule has 60 valence electrons. The summed E-state index contributed by atoms with van der Waals surface area (Å²) in [7, 11) is 0.854. The maximum Gasteiger partial charge on any atom is 0.247 e. The topological polar surface area (TPSA) is 35.8 Å².